The zero-order chi connectivity index (χ0) is 12.7. The van der Waals surface area contributed by atoms with Gasteiger partial charge in [0.2, 0.25) is 0 Å². The van der Waals surface area contributed by atoms with Gasteiger partial charge in [0.05, 0.1) is 0 Å². The molecule has 1 aliphatic rings. The molecule has 0 amide bonds. The molecule has 1 saturated carbocycles. The summed E-state index contributed by atoms with van der Waals surface area (Å²) in [7, 11) is -2.77. The predicted molar refractivity (Wildman–Crippen MR) is 73.0 cm³/mol. The van der Waals surface area contributed by atoms with E-state index in [0.29, 0.717) is 11.8 Å². The van der Waals surface area contributed by atoms with Gasteiger partial charge in [-0.15, -0.1) is 0 Å². The summed E-state index contributed by atoms with van der Waals surface area (Å²) in [4.78, 5) is 0. The summed E-state index contributed by atoms with van der Waals surface area (Å²) in [5.41, 5.74) is 0. The highest BCUT2D eigenvalue weighted by Gasteiger charge is 2.19. The maximum absolute atomic E-state index is 11.1. The normalized spacial score (nSPS) is 26.7. The van der Waals surface area contributed by atoms with Crippen LogP contribution in [-0.4, -0.2) is 33.0 Å². The van der Waals surface area contributed by atoms with Crippen molar-refractivity contribution in [2.75, 3.05) is 18.6 Å². The van der Waals surface area contributed by atoms with Gasteiger partial charge in [-0.25, -0.2) is 8.42 Å². The number of hydrogen-bond donors (Lipinski definition) is 1. The molecule has 1 fully saturated rings. The maximum atomic E-state index is 11.1. The minimum Gasteiger partial charge on any atom is -0.314 e. The zero-order valence-electron chi connectivity index (χ0n) is 11.2. The number of hydrogen-bond acceptors (Lipinski definition) is 3. The van der Waals surface area contributed by atoms with E-state index in [0.717, 1.165) is 25.3 Å². The van der Waals surface area contributed by atoms with Crippen molar-refractivity contribution in [1.29, 1.82) is 0 Å². The molecule has 1 N–H and O–H groups in total. The van der Waals surface area contributed by atoms with Crippen LogP contribution in [0.3, 0.4) is 0 Å². The predicted octanol–water partition coefficient (Wildman–Crippen LogP) is 2.37. The maximum Gasteiger partial charge on any atom is 0.147 e. The van der Waals surface area contributed by atoms with Crippen LogP contribution in [0.15, 0.2) is 0 Å². The minimum atomic E-state index is -2.77. The Balaban J connectivity index is 2.30. The molecule has 3 nitrogen and oxygen atoms in total. The molecule has 102 valence electrons. The van der Waals surface area contributed by atoms with Crippen molar-refractivity contribution in [2.45, 2.75) is 57.9 Å². The molecule has 0 spiro atoms. The Hall–Kier alpha value is -0.0900. The summed E-state index contributed by atoms with van der Waals surface area (Å²) < 4.78 is 22.2. The Bertz CT molecular complexity index is 301. The third-order valence-electron chi connectivity index (χ3n) is 3.65. The van der Waals surface area contributed by atoms with Crippen LogP contribution in [0.2, 0.25) is 0 Å². The second-order valence-corrected chi connectivity index (χ2v) is 7.67. The van der Waals surface area contributed by atoms with Crippen LogP contribution in [0.5, 0.6) is 0 Å². The van der Waals surface area contributed by atoms with E-state index in [2.05, 4.69) is 12.2 Å². The molecular weight excluding hydrogens is 234 g/mol. The summed E-state index contributed by atoms with van der Waals surface area (Å²) in [5.74, 6) is 1.08. The molecule has 2 atom stereocenters. The first-order chi connectivity index (χ1) is 8.01. The second kappa shape index (κ2) is 7.37. The van der Waals surface area contributed by atoms with Gasteiger partial charge in [0, 0.05) is 18.1 Å². The molecule has 0 aromatic carbocycles. The lowest BCUT2D eigenvalue weighted by Gasteiger charge is -2.20. The first kappa shape index (κ1) is 15.0. The van der Waals surface area contributed by atoms with Gasteiger partial charge in [0.15, 0.2) is 0 Å². The fourth-order valence-electron chi connectivity index (χ4n) is 2.83. The van der Waals surface area contributed by atoms with E-state index in [1.807, 2.05) is 0 Å². The van der Waals surface area contributed by atoms with Crippen LogP contribution in [-0.2, 0) is 9.84 Å². The van der Waals surface area contributed by atoms with Gasteiger partial charge >= 0.3 is 0 Å². The largest absolute Gasteiger partial charge is 0.314 e. The SMILES string of the molecule is CCNC1CCCCC(CCCS(C)(=O)=O)C1. The topological polar surface area (TPSA) is 46.2 Å². The van der Waals surface area contributed by atoms with E-state index < -0.39 is 9.84 Å². The smallest absolute Gasteiger partial charge is 0.147 e. The quantitative estimate of drug-likeness (QED) is 0.747. The van der Waals surface area contributed by atoms with Gasteiger partial charge in [0.25, 0.3) is 0 Å². The van der Waals surface area contributed by atoms with Gasteiger partial charge < -0.3 is 5.32 Å². The highest BCUT2D eigenvalue weighted by atomic mass is 32.2. The van der Waals surface area contributed by atoms with Crippen molar-refractivity contribution in [3.8, 4) is 0 Å². The third kappa shape index (κ3) is 7.04. The van der Waals surface area contributed by atoms with Crippen LogP contribution in [0.25, 0.3) is 0 Å². The van der Waals surface area contributed by atoms with Crippen molar-refractivity contribution in [3.05, 3.63) is 0 Å². The molecule has 0 aromatic heterocycles. The lowest BCUT2D eigenvalue weighted by Crippen LogP contribution is -2.29. The summed E-state index contributed by atoms with van der Waals surface area (Å²) >= 11 is 0. The molecule has 0 radical (unpaired) electrons. The lowest BCUT2D eigenvalue weighted by atomic mass is 9.93. The molecule has 1 rings (SSSR count). The first-order valence-corrected chi connectivity index (χ1v) is 8.98. The molecule has 1 aliphatic carbocycles. The van der Waals surface area contributed by atoms with Crippen LogP contribution >= 0.6 is 0 Å². The summed E-state index contributed by atoms with van der Waals surface area (Å²) in [6, 6.07) is 0.658. The fraction of sp³-hybridized carbons (Fsp3) is 1.00. The van der Waals surface area contributed by atoms with Gasteiger partial charge in [-0.05, 0) is 38.1 Å². The molecule has 17 heavy (non-hydrogen) atoms. The fourth-order valence-corrected chi connectivity index (χ4v) is 3.52. The van der Waals surface area contributed by atoms with Crippen molar-refractivity contribution >= 4 is 9.84 Å². The third-order valence-corrected chi connectivity index (χ3v) is 4.68. The summed E-state index contributed by atoms with van der Waals surface area (Å²) in [6.45, 7) is 3.20. The van der Waals surface area contributed by atoms with E-state index in [1.54, 1.807) is 0 Å². The van der Waals surface area contributed by atoms with Gasteiger partial charge in [-0.1, -0.05) is 26.2 Å². The van der Waals surface area contributed by atoms with Crippen LogP contribution in [0.4, 0.5) is 0 Å². The molecule has 4 heteroatoms. The van der Waals surface area contributed by atoms with Crippen molar-refractivity contribution in [3.63, 3.8) is 0 Å². The van der Waals surface area contributed by atoms with Crippen LogP contribution in [0.1, 0.15) is 51.9 Å². The van der Waals surface area contributed by atoms with E-state index in [-0.39, 0.29) is 0 Å². The molecule has 2 unspecified atom stereocenters. The van der Waals surface area contributed by atoms with Crippen molar-refractivity contribution < 1.29 is 8.42 Å². The number of sulfone groups is 1. The van der Waals surface area contributed by atoms with Crippen LogP contribution < -0.4 is 5.32 Å². The lowest BCUT2D eigenvalue weighted by molar-refractivity contribution is 0.370. The number of rotatable bonds is 6. The first-order valence-electron chi connectivity index (χ1n) is 6.92. The Morgan fingerprint density at radius 3 is 2.59 bits per heavy atom. The van der Waals surface area contributed by atoms with Crippen LogP contribution in [0, 0.1) is 5.92 Å². The Morgan fingerprint density at radius 2 is 1.94 bits per heavy atom. The zero-order valence-corrected chi connectivity index (χ0v) is 12.1. The molecule has 0 aromatic rings. The Morgan fingerprint density at radius 1 is 1.24 bits per heavy atom. The van der Waals surface area contributed by atoms with E-state index in [1.165, 1.54) is 38.4 Å². The number of nitrogens with one attached hydrogen (secondary N) is 1. The minimum absolute atomic E-state index is 0.357. The van der Waals surface area contributed by atoms with Crippen molar-refractivity contribution in [2.24, 2.45) is 5.92 Å². The molecule has 0 heterocycles. The van der Waals surface area contributed by atoms with Gasteiger partial charge in [0.1, 0.15) is 9.84 Å². The second-order valence-electron chi connectivity index (χ2n) is 5.41. The monoisotopic (exact) mass is 261 g/mol. The van der Waals surface area contributed by atoms with E-state index in [9.17, 15) is 8.42 Å². The average Bonchev–Trinajstić information content (AvgIpc) is 2.42. The van der Waals surface area contributed by atoms with Gasteiger partial charge in [-0.3, -0.25) is 0 Å². The molecular formula is C13H27NO2S. The average molecular weight is 261 g/mol. The highest BCUT2D eigenvalue weighted by Crippen LogP contribution is 2.27. The highest BCUT2D eigenvalue weighted by molar-refractivity contribution is 7.90. The Labute approximate surface area is 106 Å². The van der Waals surface area contributed by atoms with E-state index in [4.69, 9.17) is 0 Å². The molecule has 0 bridgehead atoms. The summed E-state index contributed by atoms with van der Waals surface area (Å²) in [5, 5.41) is 3.54. The summed E-state index contributed by atoms with van der Waals surface area (Å²) in [6.07, 6.45) is 9.68. The molecule has 0 aliphatic heterocycles. The standard InChI is InChI=1S/C13H27NO2S/c1-3-14-13-9-5-4-7-12(11-13)8-6-10-17(2,15)16/h12-14H,3-11H2,1-2H3. The van der Waals surface area contributed by atoms with Gasteiger partial charge in [-0.2, -0.15) is 0 Å². The van der Waals surface area contributed by atoms with Crippen molar-refractivity contribution in [1.82, 2.24) is 5.32 Å². The van der Waals surface area contributed by atoms with E-state index >= 15 is 0 Å². The Kier molecular flexibility index (Phi) is 6.49. The molecule has 0 saturated heterocycles.